The summed E-state index contributed by atoms with van der Waals surface area (Å²) in [6.07, 6.45) is 1.09. The first kappa shape index (κ1) is 13.7. The summed E-state index contributed by atoms with van der Waals surface area (Å²) in [6.45, 7) is 1.67. The van der Waals surface area contributed by atoms with E-state index in [1.54, 1.807) is 37.3 Å². The van der Waals surface area contributed by atoms with Gasteiger partial charge in [0.05, 0.1) is 0 Å². The smallest absolute Gasteiger partial charge is 0.328 e. The van der Waals surface area contributed by atoms with Gasteiger partial charge in [0, 0.05) is 21.7 Å². The Labute approximate surface area is 120 Å². The molecule has 19 heavy (non-hydrogen) atoms. The van der Waals surface area contributed by atoms with Crippen LogP contribution in [0.15, 0.2) is 40.8 Å². The number of hydrogen-bond acceptors (Lipinski definition) is 2. The topological polar surface area (TPSA) is 50.4 Å². The lowest BCUT2D eigenvalue weighted by Gasteiger charge is -2.00. The molecule has 0 radical (unpaired) electrons. The van der Waals surface area contributed by atoms with E-state index in [4.69, 9.17) is 32.7 Å². The van der Waals surface area contributed by atoms with Crippen LogP contribution >= 0.6 is 23.2 Å². The standard InChI is InChI=1S/C14H10Cl2O3/c1-8(4-14(17)18)12-2-3-13(19-12)9-5-10(15)7-11(16)6-9/h2-7H,1H3,(H,17,18)/b8-4+. The molecule has 1 N–H and O–H groups in total. The van der Waals surface area contributed by atoms with Gasteiger partial charge in [0.15, 0.2) is 0 Å². The highest BCUT2D eigenvalue weighted by atomic mass is 35.5. The molecule has 0 fully saturated rings. The van der Waals surface area contributed by atoms with Crippen LogP contribution in [-0.4, -0.2) is 11.1 Å². The number of furan rings is 1. The van der Waals surface area contributed by atoms with E-state index in [9.17, 15) is 4.79 Å². The molecule has 0 spiro atoms. The van der Waals surface area contributed by atoms with Gasteiger partial charge in [-0.15, -0.1) is 0 Å². The van der Waals surface area contributed by atoms with E-state index in [1.807, 2.05) is 0 Å². The lowest BCUT2D eigenvalue weighted by molar-refractivity contribution is -0.131. The Hall–Kier alpha value is -1.71. The van der Waals surface area contributed by atoms with E-state index in [0.717, 1.165) is 11.6 Å². The van der Waals surface area contributed by atoms with Crippen molar-refractivity contribution >= 4 is 34.7 Å². The maximum atomic E-state index is 10.6. The van der Waals surface area contributed by atoms with Crippen molar-refractivity contribution in [3.63, 3.8) is 0 Å². The molecule has 0 aliphatic carbocycles. The number of aliphatic carboxylic acids is 1. The molecule has 98 valence electrons. The highest BCUT2D eigenvalue weighted by molar-refractivity contribution is 6.35. The molecule has 0 atom stereocenters. The Bertz CT molecular complexity index is 636. The predicted molar refractivity (Wildman–Crippen MR) is 75.5 cm³/mol. The van der Waals surface area contributed by atoms with E-state index in [2.05, 4.69) is 0 Å². The Morgan fingerprint density at radius 3 is 2.42 bits per heavy atom. The normalized spacial score (nSPS) is 11.6. The maximum absolute atomic E-state index is 10.6. The number of carboxylic acids is 1. The van der Waals surface area contributed by atoms with Crippen molar-refractivity contribution in [3.05, 3.63) is 52.2 Å². The third-order valence-electron chi connectivity index (χ3n) is 2.48. The number of hydrogen-bond donors (Lipinski definition) is 1. The van der Waals surface area contributed by atoms with Gasteiger partial charge >= 0.3 is 5.97 Å². The molecular formula is C14H10Cl2O3. The summed E-state index contributed by atoms with van der Waals surface area (Å²) in [6, 6.07) is 8.54. The fourth-order valence-corrected chi connectivity index (χ4v) is 2.18. The van der Waals surface area contributed by atoms with Crippen molar-refractivity contribution in [1.29, 1.82) is 0 Å². The third-order valence-corrected chi connectivity index (χ3v) is 2.92. The number of carbonyl (C=O) groups is 1. The molecule has 1 heterocycles. The van der Waals surface area contributed by atoms with Crippen LogP contribution in [0.2, 0.25) is 10.0 Å². The molecule has 0 saturated carbocycles. The molecule has 2 rings (SSSR count). The number of rotatable bonds is 3. The maximum Gasteiger partial charge on any atom is 0.328 e. The summed E-state index contributed by atoms with van der Waals surface area (Å²) in [4.78, 5) is 10.6. The molecule has 0 aliphatic rings. The minimum Gasteiger partial charge on any atom is -0.478 e. The van der Waals surface area contributed by atoms with Gasteiger partial charge in [-0.3, -0.25) is 0 Å². The molecule has 1 aromatic heterocycles. The summed E-state index contributed by atoms with van der Waals surface area (Å²) < 4.78 is 5.59. The predicted octanol–water partition coefficient (Wildman–Crippen LogP) is 4.74. The first-order valence-electron chi connectivity index (χ1n) is 5.43. The van der Waals surface area contributed by atoms with Crippen molar-refractivity contribution < 1.29 is 14.3 Å². The molecule has 3 nitrogen and oxygen atoms in total. The van der Waals surface area contributed by atoms with Crippen molar-refractivity contribution in [1.82, 2.24) is 0 Å². The molecule has 0 saturated heterocycles. The van der Waals surface area contributed by atoms with Gasteiger partial charge in [0.2, 0.25) is 0 Å². The second-order valence-corrected chi connectivity index (χ2v) is 4.86. The average Bonchev–Trinajstić information content (AvgIpc) is 2.75. The Kier molecular flexibility index (Phi) is 3.98. The van der Waals surface area contributed by atoms with E-state index in [1.165, 1.54) is 0 Å². The molecular weight excluding hydrogens is 287 g/mol. The zero-order chi connectivity index (χ0) is 14.0. The molecule has 1 aromatic carbocycles. The molecule has 2 aromatic rings. The molecule has 0 aliphatic heterocycles. The van der Waals surface area contributed by atoms with Crippen molar-refractivity contribution in [3.8, 4) is 11.3 Å². The van der Waals surface area contributed by atoms with Crippen LogP contribution in [0.4, 0.5) is 0 Å². The van der Waals surface area contributed by atoms with Crippen LogP contribution < -0.4 is 0 Å². The number of carboxylic acid groups (broad SMARTS) is 1. The summed E-state index contributed by atoms with van der Waals surface area (Å²) in [7, 11) is 0. The lowest BCUT2D eigenvalue weighted by atomic mass is 10.2. The van der Waals surface area contributed by atoms with Gasteiger partial charge in [-0.25, -0.2) is 4.79 Å². The second kappa shape index (κ2) is 5.51. The van der Waals surface area contributed by atoms with Crippen LogP contribution in [0, 0.1) is 0 Å². The zero-order valence-electron chi connectivity index (χ0n) is 9.98. The monoisotopic (exact) mass is 296 g/mol. The molecule has 0 bridgehead atoms. The SMILES string of the molecule is C/C(=C\C(=O)O)c1ccc(-c2cc(Cl)cc(Cl)c2)o1. The quantitative estimate of drug-likeness (QED) is 0.832. The van der Waals surface area contributed by atoms with Gasteiger partial charge in [0.25, 0.3) is 0 Å². The third kappa shape index (κ3) is 3.40. The fraction of sp³-hybridized carbons (Fsp3) is 0.0714. The van der Waals surface area contributed by atoms with E-state index < -0.39 is 5.97 Å². The minimum absolute atomic E-state index is 0.494. The van der Waals surface area contributed by atoms with E-state index in [0.29, 0.717) is 27.1 Å². The highest BCUT2D eigenvalue weighted by Gasteiger charge is 2.08. The Morgan fingerprint density at radius 1 is 1.21 bits per heavy atom. The number of benzene rings is 1. The molecule has 5 heteroatoms. The fourth-order valence-electron chi connectivity index (χ4n) is 1.66. The molecule has 0 unspecified atom stereocenters. The summed E-state index contributed by atoms with van der Waals surface area (Å²) >= 11 is 11.8. The number of halogens is 2. The Morgan fingerprint density at radius 2 is 1.84 bits per heavy atom. The second-order valence-electron chi connectivity index (χ2n) is 3.99. The van der Waals surface area contributed by atoms with Gasteiger partial charge in [0.1, 0.15) is 11.5 Å². The summed E-state index contributed by atoms with van der Waals surface area (Å²) in [5, 5.41) is 9.71. The largest absolute Gasteiger partial charge is 0.478 e. The summed E-state index contributed by atoms with van der Waals surface area (Å²) in [5.41, 5.74) is 1.28. The number of allylic oxidation sites excluding steroid dienone is 1. The first-order valence-corrected chi connectivity index (χ1v) is 6.19. The average molecular weight is 297 g/mol. The van der Waals surface area contributed by atoms with Gasteiger partial charge < -0.3 is 9.52 Å². The van der Waals surface area contributed by atoms with Crippen LogP contribution in [0.5, 0.6) is 0 Å². The lowest BCUT2D eigenvalue weighted by Crippen LogP contribution is -1.88. The van der Waals surface area contributed by atoms with Crippen LogP contribution in [-0.2, 0) is 4.79 Å². The minimum atomic E-state index is -1.01. The van der Waals surface area contributed by atoms with Crippen molar-refractivity contribution in [2.24, 2.45) is 0 Å². The summed E-state index contributed by atoms with van der Waals surface area (Å²) in [5.74, 6) is 0.0623. The van der Waals surface area contributed by atoms with Crippen LogP contribution in [0.1, 0.15) is 12.7 Å². The van der Waals surface area contributed by atoms with E-state index >= 15 is 0 Å². The zero-order valence-corrected chi connectivity index (χ0v) is 11.5. The van der Waals surface area contributed by atoms with E-state index in [-0.39, 0.29) is 0 Å². The van der Waals surface area contributed by atoms with Crippen LogP contribution in [0.3, 0.4) is 0 Å². The van der Waals surface area contributed by atoms with Gasteiger partial charge in [-0.2, -0.15) is 0 Å². The first-order chi connectivity index (χ1) is 8.95. The van der Waals surface area contributed by atoms with Crippen molar-refractivity contribution in [2.45, 2.75) is 6.92 Å². The van der Waals surface area contributed by atoms with Gasteiger partial charge in [-0.05, 0) is 42.8 Å². The van der Waals surface area contributed by atoms with Crippen LogP contribution in [0.25, 0.3) is 16.9 Å². The highest BCUT2D eigenvalue weighted by Crippen LogP contribution is 2.30. The Balaban J connectivity index is 2.38. The van der Waals surface area contributed by atoms with Crippen molar-refractivity contribution in [2.75, 3.05) is 0 Å². The molecule has 0 amide bonds. The van der Waals surface area contributed by atoms with Gasteiger partial charge in [-0.1, -0.05) is 23.2 Å².